The minimum absolute atomic E-state index is 0.0103. The summed E-state index contributed by atoms with van der Waals surface area (Å²) in [6, 6.07) is 7.41. The molecule has 0 unspecified atom stereocenters. The number of benzene rings is 1. The number of hydrogen-bond acceptors (Lipinski definition) is 6. The van der Waals surface area contributed by atoms with Crippen LogP contribution in [0.3, 0.4) is 0 Å². The molecule has 7 nitrogen and oxygen atoms in total. The highest BCUT2D eigenvalue weighted by Gasteiger charge is 2.45. The number of aliphatic hydroxyl groups is 1. The second kappa shape index (κ2) is 9.83. The van der Waals surface area contributed by atoms with E-state index in [2.05, 4.69) is 9.80 Å². The largest absolute Gasteiger partial charge is 0.497 e. The Morgan fingerprint density at radius 3 is 2.16 bits per heavy atom. The average Bonchev–Trinajstić information content (AvgIpc) is 2.95. The van der Waals surface area contributed by atoms with Gasteiger partial charge in [-0.3, -0.25) is 19.4 Å². The van der Waals surface area contributed by atoms with Gasteiger partial charge in [-0.15, -0.1) is 0 Å². The molecule has 2 heterocycles. The zero-order valence-electron chi connectivity index (χ0n) is 18.4. The summed E-state index contributed by atoms with van der Waals surface area (Å²) in [6.07, 6.45) is 6.26. The van der Waals surface area contributed by atoms with E-state index in [0.29, 0.717) is 30.9 Å². The summed E-state index contributed by atoms with van der Waals surface area (Å²) in [7, 11) is 1.61. The Bertz CT molecular complexity index is 820. The third-order valence-electron chi connectivity index (χ3n) is 6.76. The molecule has 1 saturated carbocycles. The van der Waals surface area contributed by atoms with Gasteiger partial charge in [0.25, 0.3) is 11.8 Å². The van der Waals surface area contributed by atoms with Crippen LogP contribution in [0.5, 0.6) is 5.75 Å². The van der Waals surface area contributed by atoms with E-state index >= 15 is 0 Å². The van der Waals surface area contributed by atoms with Crippen molar-refractivity contribution in [3.63, 3.8) is 0 Å². The quantitative estimate of drug-likeness (QED) is 0.554. The summed E-state index contributed by atoms with van der Waals surface area (Å²) in [5, 5.41) is 9.23. The van der Waals surface area contributed by atoms with Crippen LogP contribution in [0.2, 0.25) is 0 Å². The highest BCUT2D eigenvalue weighted by atomic mass is 16.5. The number of aliphatic hydroxyl groups excluding tert-OH is 1. The number of nitrogens with zero attached hydrogens (tertiary/aromatic N) is 3. The van der Waals surface area contributed by atoms with Crippen LogP contribution in [-0.2, 0) is 9.59 Å². The van der Waals surface area contributed by atoms with Crippen molar-refractivity contribution in [2.45, 2.75) is 44.6 Å². The van der Waals surface area contributed by atoms with Gasteiger partial charge in [0.15, 0.2) is 0 Å². The van der Waals surface area contributed by atoms with E-state index in [-0.39, 0.29) is 24.5 Å². The van der Waals surface area contributed by atoms with Crippen LogP contribution in [0, 0.1) is 0 Å². The highest BCUT2D eigenvalue weighted by molar-refractivity contribution is 6.35. The molecule has 0 spiro atoms. The van der Waals surface area contributed by atoms with Crippen molar-refractivity contribution in [3.05, 3.63) is 35.5 Å². The zero-order chi connectivity index (χ0) is 21.8. The maximum absolute atomic E-state index is 13.7. The van der Waals surface area contributed by atoms with Crippen LogP contribution in [0.25, 0.3) is 5.57 Å². The van der Waals surface area contributed by atoms with Crippen molar-refractivity contribution in [2.24, 2.45) is 0 Å². The molecule has 0 aromatic heterocycles. The Labute approximate surface area is 184 Å². The lowest BCUT2D eigenvalue weighted by Crippen LogP contribution is -2.49. The number of ether oxygens (including phenoxy) is 1. The summed E-state index contributed by atoms with van der Waals surface area (Å²) in [6.45, 7) is 3.65. The lowest BCUT2D eigenvalue weighted by atomic mass is 10.0. The number of β-amino-alcohol motifs (C(OH)–C–C–N with tert-alkyl or cyclic N) is 1. The normalized spacial score (nSPS) is 21.7. The molecule has 2 fully saturated rings. The minimum atomic E-state index is -0.158. The summed E-state index contributed by atoms with van der Waals surface area (Å²) in [5.74, 6) is 0.425. The molecular weight excluding hydrogens is 394 g/mol. The van der Waals surface area contributed by atoms with Gasteiger partial charge in [-0.1, -0.05) is 37.8 Å². The predicted octanol–water partition coefficient (Wildman–Crippen LogP) is 2.11. The van der Waals surface area contributed by atoms with Crippen molar-refractivity contribution in [1.82, 2.24) is 14.7 Å². The lowest BCUT2D eigenvalue weighted by Gasteiger charge is -2.36. The van der Waals surface area contributed by atoms with Crippen LogP contribution in [0.1, 0.15) is 44.1 Å². The molecule has 0 radical (unpaired) electrons. The Kier molecular flexibility index (Phi) is 6.92. The molecule has 31 heavy (non-hydrogen) atoms. The lowest BCUT2D eigenvalue weighted by molar-refractivity contribution is -0.140. The van der Waals surface area contributed by atoms with Crippen LogP contribution < -0.4 is 4.74 Å². The molecule has 2 aliphatic heterocycles. The van der Waals surface area contributed by atoms with Gasteiger partial charge >= 0.3 is 0 Å². The number of hydrogen-bond donors (Lipinski definition) is 1. The fraction of sp³-hybridized carbons (Fsp3) is 0.583. The van der Waals surface area contributed by atoms with Crippen molar-refractivity contribution in [1.29, 1.82) is 0 Å². The van der Waals surface area contributed by atoms with Crippen molar-refractivity contribution < 1.29 is 19.4 Å². The number of methoxy groups -OCH3 is 1. The molecule has 1 saturated heterocycles. The van der Waals surface area contributed by atoms with Crippen molar-refractivity contribution in [3.8, 4) is 5.75 Å². The first kappa shape index (κ1) is 21.8. The predicted molar refractivity (Wildman–Crippen MR) is 118 cm³/mol. The Hall–Kier alpha value is -2.38. The van der Waals surface area contributed by atoms with E-state index in [1.165, 1.54) is 12.8 Å². The van der Waals surface area contributed by atoms with Gasteiger partial charge in [0, 0.05) is 38.8 Å². The molecule has 3 aliphatic rings. The van der Waals surface area contributed by atoms with Gasteiger partial charge in [-0.25, -0.2) is 0 Å². The number of piperazine rings is 1. The maximum Gasteiger partial charge on any atom is 0.278 e. The SMILES string of the molecule is COc1ccc(C2=C(N3CCN(CCO)CC3)C(=O)N(C3CCCCCC3)C2=O)cc1. The van der Waals surface area contributed by atoms with Crippen LogP contribution in [-0.4, -0.2) is 84.1 Å². The van der Waals surface area contributed by atoms with Crippen LogP contribution in [0.15, 0.2) is 30.0 Å². The molecular formula is C24H33N3O4. The number of amides is 2. The first-order valence-corrected chi connectivity index (χ1v) is 11.5. The van der Waals surface area contributed by atoms with Gasteiger partial charge in [0.1, 0.15) is 11.4 Å². The second-order valence-corrected chi connectivity index (χ2v) is 8.63. The fourth-order valence-corrected chi connectivity index (χ4v) is 5.03. The summed E-state index contributed by atoms with van der Waals surface area (Å²) >= 11 is 0. The second-order valence-electron chi connectivity index (χ2n) is 8.63. The first-order valence-electron chi connectivity index (χ1n) is 11.5. The summed E-state index contributed by atoms with van der Waals surface area (Å²) in [4.78, 5) is 33.1. The third kappa shape index (κ3) is 4.48. The van der Waals surface area contributed by atoms with Gasteiger partial charge in [0.05, 0.1) is 19.3 Å². The standard InChI is InChI=1S/C24H33N3O4/c1-31-20-10-8-18(9-11-20)21-22(26-14-12-25(13-15-26)16-17-28)24(30)27(23(21)29)19-6-4-2-3-5-7-19/h8-11,19,28H,2-7,12-17H2,1H3. The number of carbonyl (C=O) groups excluding carboxylic acids is 2. The Morgan fingerprint density at radius 2 is 1.58 bits per heavy atom. The van der Waals surface area contributed by atoms with E-state index in [0.717, 1.165) is 50.1 Å². The smallest absolute Gasteiger partial charge is 0.278 e. The number of imide groups is 1. The van der Waals surface area contributed by atoms with E-state index in [1.54, 1.807) is 12.0 Å². The van der Waals surface area contributed by atoms with Crippen molar-refractivity contribution >= 4 is 17.4 Å². The van der Waals surface area contributed by atoms with Gasteiger partial charge in [0.2, 0.25) is 0 Å². The summed E-state index contributed by atoms with van der Waals surface area (Å²) < 4.78 is 5.27. The first-order chi connectivity index (χ1) is 15.1. The number of rotatable bonds is 6. The van der Waals surface area contributed by atoms with Crippen molar-refractivity contribution in [2.75, 3.05) is 46.4 Å². The molecule has 7 heteroatoms. The monoisotopic (exact) mass is 427 g/mol. The summed E-state index contributed by atoms with van der Waals surface area (Å²) in [5.41, 5.74) is 1.83. The molecule has 1 aromatic rings. The molecule has 168 valence electrons. The van der Waals surface area contributed by atoms with Gasteiger partial charge in [-0.2, -0.15) is 0 Å². The molecule has 0 atom stereocenters. The fourth-order valence-electron chi connectivity index (χ4n) is 5.03. The van der Waals surface area contributed by atoms with E-state index in [1.807, 2.05) is 24.3 Å². The van der Waals surface area contributed by atoms with E-state index in [9.17, 15) is 14.7 Å². The third-order valence-corrected chi connectivity index (χ3v) is 6.76. The van der Waals surface area contributed by atoms with E-state index < -0.39 is 0 Å². The molecule has 0 bridgehead atoms. The van der Waals surface area contributed by atoms with Crippen LogP contribution in [0.4, 0.5) is 0 Å². The molecule has 2 amide bonds. The minimum Gasteiger partial charge on any atom is -0.497 e. The Balaban J connectivity index is 1.67. The molecule has 4 rings (SSSR count). The molecule has 1 aromatic carbocycles. The topological polar surface area (TPSA) is 73.3 Å². The molecule has 1 N–H and O–H groups in total. The zero-order valence-corrected chi connectivity index (χ0v) is 18.4. The average molecular weight is 428 g/mol. The van der Waals surface area contributed by atoms with Gasteiger partial charge in [-0.05, 0) is 30.5 Å². The Morgan fingerprint density at radius 1 is 0.935 bits per heavy atom. The van der Waals surface area contributed by atoms with E-state index in [4.69, 9.17) is 4.74 Å². The number of carbonyl (C=O) groups is 2. The van der Waals surface area contributed by atoms with Crippen LogP contribution >= 0.6 is 0 Å². The highest BCUT2D eigenvalue weighted by Crippen LogP contribution is 2.36. The molecule has 1 aliphatic carbocycles. The maximum atomic E-state index is 13.7. The van der Waals surface area contributed by atoms with Gasteiger partial charge < -0.3 is 14.7 Å².